The molecule has 0 aromatic heterocycles. The Bertz CT molecular complexity index is 1940. The van der Waals surface area contributed by atoms with Crippen LogP contribution >= 0.6 is 11.8 Å². The lowest BCUT2D eigenvalue weighted by Gasteiger charge is -2.33. The molecule has 0 bridgehead atoms. The van der Waals surface area contributed by atoms with Crippen molar-refractivity contribution in [3.63, 3.8) is 0 Å². The number of amides is 6. The van der Waals surface area contributed by atoms with Crippen LogP contribution in [0.1, 0.15) is 57.4 Å². The van der Waals surface area contributed by atoms with Crippen molar-refractivity contribution in [1.29, 1.82) is 0 Å². The standard InChI is InChI=1S/C43H63N9O14S/c1-28-21-36(56)52(41(28)62)13-4-3-5-32(42(63)64)46-34(54)11-10-33(53)31(12-20-67-2)47-43(65)45-30-8-6-29(7-9-30)22-44-35(55)23-50-17-16-48(25-38(57)58)14-15-49(26-39(59)60)18-19-51-27-40(61)66-37(51)24-50/h6-9,28,31-32,37H,3-5,10-27H2,1-2H3,(H,44,55)(H,46,54)(H,57,58)(H,59,60)(H,63,64)(H2,45,47,65)/t28?,31-,32-,37?/m0/s1. The molecule has 0 radical (unpaired) electrons. The van der Waals surface area contributed by atoms with Gasteiger partial charge >= 0.3 is 29.9 Å². The van der Waals surface area contributed by atoms with Crippen LogP contribution in [0.4, 0.5) is 10.5 Å². The number of hydrogen-bond acceptors (Lipinski definition) is 16. The third kappa shape index (κ3) is 18.8. The Hall–Kier alpha value is -5.69. The quantitative estimate of drug-likeness (QED) is 0.0383. The maximum atomic E-state index is 13.2. The monoisotopic (exact) mass is 961 g/mol. The van der Waals surface area contributed by atoms with Gasteiger partial charge in [-0.25, -0.2) is 9.59 Å². The van der Waals surface area contributed by atoms with Gasteiger partial charge < -0.3 is 41.3 Å². The molecule has 3 saturated heterocycles. The lowest BCUT2D eigenvalue weighted by Crippen LogP contribution is -2.51. The summed E-state index contributed by atoms with van der Waals surface area (Å²) in [5, 5.41) is 39.2. The summed E-state index contributed by atoms with van der Waals surface area (Å²) in [6.45, 7) is 3.22. The number of nitrogens with one attached hydrogen (secondary N) is 4. The second-order valence-corrected chi connectivity index (χ2v) is 17.8. The summed E-state index contributed by atoms with van der Waals surface area (Å²) in [4.78, 5) is 132. The second kappa shape index (κ2) is 27.2. The Morgan fingerprint density at radius 1 is 0.776 bits per heavy atom. The highest BCUT2D eigenvalue weighted by Crippen LogP contribution is 2.20. The topological polar surface area (TPSA) is 305 Å². The zero-order valence-corrected chi connectivity index (χ0v) is 38.8. The van der Waals surface area contributed by atoms with Gasteiger partial charge in [-0.15, -0.1) is 0 Å². The first-order valence-corrected chi connectivity index (χ1v) is 23.6. The fourth-order valence-corrected chi connectivity index (χ4v) is 8.27. The molecule has 370 valence electrons. The summed E-state index contributed by atoms with van der Waals surface area (Å²) in [7, 11) is 0. The highest BCUT2D eigenvalue weighted by Gasteiger charge is 2.36. The highest BCUT2D eigenvalue weighted by molar-refractivity contribution is 7.98. The second-order valence-electron chi connectivity index (χ2n) is 16.8. The minimum atomic E-state index is -1.26. The zero-order valence-electron chi connectivity index (χ0n) is 37.9. The fourth-order valence-electron chi connectivity index (χ4n) is 7.80. The average Bonchev–Trinajstić information content (AvgIpc) is 3.74. The van der Waals surface area contributed by atoms with Crippen LogP contribution in [0.5, 0.6) is 0 Å². The predicted molar refractivity (Wildman–Crippen MR) is 241 cm³/mol. The molecule has 6 amide bonds. The Morgan fingerprint density at radius 3 is 2.01 bits per heavy atom. The number of hydrogen-bond donors (Lipinski definition) is 7. The molecule has 3 fully saturated rings. The van der Waals surface area contributed by atoms with Crippen LogP contribution in [0.3, 0.4) is 0 Å². The number of rotatable bonds is 24. The van der Waals surface area contributed by atoms with E-state index in [1.165, 1.54) is 16.7 Å². The average molecular weight is 962 g/mol. The molecule has 7 N–H and O–H groups in total. The Kier molecular flexibility index (Phi) is 21.9. The van der Waals surface area contributed by atoms with Gasteiger partial charge in [0.15, 0.2) is 12.0 Å². The Labute approximate surface area is 392 Å². The zero-order chi connectivity index (χ0) is 49.0. The van der Waals surface area contributed by atoms with Gasteiger partial charge in [-0.2, -0.15) is 11.8 Å². The number of urea groups is 1. The first-order valence-electron chi connectivity index (χ1n) is 22.3. The van der Waals surface area contributed by atoms with Crippen LogP contribution in [0.15, 0.2) is 24.3 Å². The molecule has 3 aliphatic heterocycles. The number of carboxylic acids is 3. The number of Topliss-reactive ketones (excluding diaryl/α,β-unsaturated/α-hetero) is 1. The van der Waals surface area contributed by atoms with E-state index in [1.807, 2.05) is 6.26 Å². The van der Waals surface area contributed by atoms with Crippen molar-refractivity contribution in [3.05, 3.63) is 29.8 Å². The summed E-state index contributed by atoms with van der Waals surface area (Å²) in [5.41, 5.74) is 1.09. The number of nitrogens with zero attached hydrogens (tertiary/aromatic N) is 5. The number of carbonyl (C=O) groups is 10. The van der Waals surface area contributed by atoms with Crippen LogP contribution < -0.4 is 21.3 Å². The van der Waals surface area contributed by atoms with E-state index < -0.39 is 59.9 Å². The van der Waals surface area contributed by atoms with Gasteiger partial charge in [0.05, 0.1) is 38.8 Å². The number of anilines is 1. The van der Waals surface area contributed by atoms with Crippen molar-refractivity contribution in [2.24, 2.45) is 5.92 Å². The number of esters is 1. The van der Waals surface area contributed by atoms with E-state index in [0.29, 0.717) is 42.9 Å². The van der Waals surface area contributed by atoms with Gasteiger partial charge in [0, 0.05) is 83.2 Å². The van der Waals surface area contributed by atoms with Crippen molar-refractivity contribution in [2.75, 3.05) is 95.9 Å². The normalized spacial score (nSPS) is 19.9. The SMILES string of the molecule is CSCC[C@H](NC(=O)Nc1ccc(CNC(=O)CN2CCN(CC(=O)O)CCN(CC(=O)O)CCN3CC(=O)OC3C2)cc1)C(=O)CCC(=O)N[C@@H](CCCCN1C(=O)CC(C)C1=O)C(=O)O. The van der Waals surface area contributed by atoms with Crippen LogP contribution in [0.2, 0.25) is 0 Å². The van der Waals surface area contributed by atoms with E-state index in [2.05, 4.69) is 21.3 Å². The Balaban J connectivity index is 1.24. The minimum absolute atomic E-state index is 0.0122. The number of unbranched alkanes of at least 4 members (excludes halogenated alkanes) is 1. The van der Waals surface area contributed by atoms with Gasteiger partial charge in [-0.1, -0.05) is 19.1 Å². The van der Waals surface area contributed by atoms with Gasteiger partial charge in [0.25, 0.3) is 0 Å². The molecule has 0 spiro atoms. The molecule has 2 unspecified atom stereocenters. The van der Waals surface area contributed by atoms with Crippen LogP contribution in [0.25, 0.3) is 0 Å². The number of imide groups is 1. The number of aliphatic carboxylic acids is 3. The predicted octanol–water partition coefficient (Wildman–Crippen LogP) is -0.696. The van der Waals surface area contributed by atoms with E-state index in [1.54, 1.807) is 50.8 Å². The van der Waals surface area contributed by atoms with Gasteiger partial charge in [0.2, 0.25) is 23.6 Å². The molecule has 0 saturated carbocycles. The van der Waals surface area contributed by atoms with Gasteiger partial charge in [-0.05, 0) is 55.4 Å². The highest BCUT2D eigenvalue weighted by atomic mass is 32.2. The van der Waals surface area contributed by atoms with Gasteiger partial charge in [0.1, 0.15) is 6.04 Å². The molecule has 1 aromatic carbocycles. The third-order valence-electron chi connectivity index (χ3n) is 11.5. The number of carbonyl (C=O) groups excluding carboxylic acids is 7. The molecule has 4 rings (SSSR count). The number of thioether (sulfide) groups is 1. The maximum absolute atomic E-state index is 13.2. The number of benzene rings is 1. The number of likely N-dealkylation sites (tertiary alicyclic amines) is 1. The number of ketones is 1. The third-order valence-corrected chi connectivity index (χ3v) is 12.2. The maximum Gasteiger partial charge on any atom is 0.326 e. The number of ether oxygens (including phenoxy) is 1. The van der Waals surface area contributed by atoms with E-state index >= 15 is 0 Å². The molecular weight excluding hydrogens is 899 g/mol. The number of fused-ring (bicyclic) bond motifs is 1. The van der Waals surface area contributed by atoms with Crippen molar-refractivity contribution in [2.45, 2.75) is 76.7 Å². The molecule has 23 nitrogen and oxygen atoms in total. The smallest absolute Gasteiger partial charge is 0.326 e. The summed E-state index contributed by atoms with van der Waals surface area (Å²) in [6, 6.07) is 3.78. The first kappa shape index (κ1) is 53.9. The summed E-state index contributed by atoms with van der Waals surface area (Å²) in [5.74, 6) is -5.55. The van der Waals surface area contributed by atoms with E-state index in [9.17, 15) is 63.3 Å². The molecule has 24 heteroatoms. The van der Waals surface area contributed by atoms with E-state index in [0.717, 1.165) is 0 Å². The molecule has 0 aliphatic carbocycles. The number of carboxylic acid groups (broad SMARTS) is 3. The molecule has 1 aromatic rings. The molecule has 4 atom stereocenters. The van der Waals surface area contributed by atoms with E-state index in [4.69, 9.17) is 4.74 Å². The largest absolute Gasteiger partial charge is 0.480 e. The molecule has 67 heavy (non-hydrogen) atoms. The van der Waals surface area contributed by atoms with Crippen LogP contribution in [-0.2, 0) is 54.4 Å². The van der Waals surface area contributed by atoms with Crippen molar-refractivity contribution in [3.8, 4) is 0 Å². The Morgan fingerprint density at radius 2 is 1.42 bits per heavy atom. The van der Waals surface area contributed by atoms with Gasteiger partial charge in [-0.3, -0.25) is 62.9 Å². The summed E-state index contributed by atoms with van der Waals surface area (Å²) in [6.07, 6.45) is 1.79. The molecule has 3 heterocycles. The first-order chi connectivity index (χ1) is 31.9. The lowest BCUT2D eigenvalue weighted by atomic mass is 10.0. The lowest BCUT2D eigenvalue weighted by molar-refractivity contribution is -0.143. The fraction of sp³-hybridized carbons (Fsp3) is 0.628. The summed E-state index contributed by atoms with van der Waals surface area (Å²) >= 11 is 1.46. The van der Waals surface area contributed by atoms with Crippen molar-refractivity contribution < 1.29 is 68.0 Å². The van der Waals surface area contributed by atoms with Crippen LogP contribution in [0, 0.1) is 5.92 Å². The van der Waals surface area contributed by atoms with Crippen molar-refractivity contribution >= 4 is 76.8 Å². The summed E-state index contributed by atoms with van der Waals surface area (Å²) < 4.78 is 5.55. The molecule has 3 aliphatic rings. The minimum Gasteiger partial charge on any atom is -0.480 e. The molecular formula is C43H63N9O14S. The van der Waals surface area contributed by atoms with Crippen molar-refractivity contribution in [1.82, 2.24) is 40.4 Å². The van der Waals surface area contributed by atoms with Crippen LogP contribution in [-0.4, -0.2) is 208 Å². The van der Waals surface area contributed by atoms with E-state index in [-0.39, 0.29) is 128 Å².